The van der Waals surface area contributed by atoms with E-state index in [0.717, 1.165) is 10.1 Å². The third kappa shape index (κ3) is 2.77. The van der Waals surface area contributed by atoms with Crippen LogP contribution in [-0.4, -0.2) is 9.13 Å². The number of hydrogen-bond donors (Lipinski definition) is 0. The lowest BCUT2D eigenvalue weighted by atomic mass is 10.2. The highest BCUT2D eigenvalue weighted by atomic mass is 35.5. The number of ether oxygens (including phenoxy) is 1. The van der Waals surface area contributed by atoms with Crippen LogP contribution in [0, 0.1) is 6.92 Å². The summed E-state index contributed by atoms with van der Waals surface area (Å²) in [6.07, 6.45) is 0. The molecule has 0 fully saturated rings. The molecule has 0 radical (unpaired) electrons. The summed E-state index contributed by atoms with van der Waals surface area (Å²) in [4.78, 5) is 23.4. The van der Waals surface area contributed by atoms with Gasteiger partial charge in [-0.2, -0.15) is 0 Å². The highest BCUT2D eigenvalue weighted by Crippen LogP contribution is 2.25. The van der Waals surface area contributed by atoms with Gasteiger partial charge in [0.2, 0.25) is 0 Å². The van der Waals surface area contributed by atoms with E-state index in [9.17, 15) is 9.59 Å². The molecule has 1 heterocycles. The van der Waals surface area contributed by atoms with E-state index in [4.69, 9.17) is 16.3 Å². The fourth-order valence-electron chi connectivity index (χ4n) is 1.79. The summed E-state index contributed by atoms with van der Waals surface area (Å²) >= 11 is 6.03. The first-order valence-electron chi connectivity index (χ1n) is 6.05. The quantitative estimate of drug-likeness (QED) is 0.864. The first-order valence-corrected chi connectivity index (χ1v) is 6.43. The van der Waals surface area contributed by atoms with E-state index in [-0.39, 0.29) is 17.9 Å². The van der Waals surface area contributed by atoms with Crippen LogP contribution in [0.3, 0.4) is 0 Å². The van der Waals surface area contributed by atoms with Gasteiger partial charge in [-0.15, -0.1) is 0 Å². The van der Waals surface area contributed by atoms with E-state index in [1.807, 2.05) is 19.1 Å². The molecule has 1 aromatic heterocycles. The maximum absolute atomic E-state index is 11.8. The Morgan fingerprint density at radius 3 is 2.55 bits per heavy atom. The summed E-state index contributed by atoms with van der Waals surface area (Å²) in [6.45, 7) is 2.03. The van der Waals surface area contributed by atoms with Crippen LogP contribution in [0.25, 0.3) is 0 Å². The monoisotopic (exact) mass is 294 g/mol. The largest absolute Gasteiger partial charge is 0.486 e. The minimum atomic E-state index is -0.383. The minimum absolute atomic E-state index is 0.102. The Hall–Kier alpha value is -2.01. The number of halogens is 1. The van der Waals surface area contributed by atoms with Crippen LogP contribution in [-0.2, 0) is 20.7 Å². The van der Waals surface area contributed by atoms with Crippen molar-refractivity contribution in [3.63, 3.8) is 0 Å². The number of hydrogen-bond acceptors (Lipinski definition) is 3. The predicted octanol–water partition coefficient (Wildman–Crippen LogP) is 1.62. The topological polar surface area (TPSA) is 53.2 Å². The van der Waals surface area contributed by atoms with Crippen molar-refractivity contribution < 1.29 is 4.74 Å². The van der Waals surface area contributed by atoms with Gasteiger partial charge >= 0.3 is 5.69 Å². The van der Waals surface area contributed by atoms with Gasteiger partial charge in [0.1, 0.15) is 12.4 Å². The predicted molar refractivity (Wildman–Crippen MR) is 77.4 cm³/mol. The summed E-state index contributed by atoms with van der Waals surface area (Å²) in [5, 5.41) is 0.490. The van der Waals surface area contributed by atoms with Gasteiger partial charge in [-0.05, 0) is 24.6 Å². The van der Waals surface area contributed by atoms with Gasteiger partial charge in [-0.1, -0.05) is 17.7 Å². The molecule has 0 unspecified atom stereocenters. The Kier molecular flexibility index (Phi) is 3.99. The first-order chi connectivity index (χ1) is 9.40. The zero-order valence-electron chi connectivity index (χ0n) is 11.5. The normalized spacial score (nSPS) is 10.6. The molecule has 106 valence electrons. The lowest BCUT2D eigenvalue weighted by molar-refractivity contribution is 0.293. The van der Waals surface area contributed by atoms with E-state index >= 15 is 0 Å². The van der Waals surface area contributed by atoms with Crippen molar-refractivity contribution in [1.82, 2.24) is 9.13 Å². The number of benzene rings is 1. The summed E-state index contributed by atoms with van der Waals surface area (Å²) in [6, 6.07) is 6.81. The highest BCUT2D eigenvalue weighted by molar-refractivity contribution is 6.32. The van der Waals surface area contributed by atoms with Crippen LogP contribution in [0.2, 0.25) is 5.02 Å². The van der Waals surface area contributed by atoms with E-state index in [1.165, 1.54) is 17.7 Å². The summed E-state index contributed by atoms with van der Waals surface area (Å²) in [5.74, 6) is 0.528. The first kappa shape index (κ1) is 14.4. The average Bonchev–Trinajstić information content (AvgIpc) is 2.42. The fraction of sp³-hybridized carbons (Fsp3) is 0.286. The molecule has 6 heteroatoms. The number of nitrogens with zero attached hydrogens (tertiary/aromatic N) is 2. The minimum Gasteiger partial charge on any atom is -0.486 e. The van der Waals surface area contributed by atoms with Gasteiger partial charge in [0.25, 0.3) is 5.56 Å². The lowest BCUT2D eigenvalue weighted by Gasteiger charge is -2.12. The fourth-order valence-corrected chi connectivity index (χ4v) is 1.96. The van der Waals surface area contributed by atoms with Gasteiger partial charge in [0.05, 0.1) is 10.7 Å². The second-order valence-electron chi connectivity index (χ2n) is 4.60. The average molecular weight is 295 g/mol. The molecule has 2 aromatic rings. The lowest BCUT2D eigenvalue weighted by Crippen LogP contribution is -2.38. The second-order valence-corrected chi connectivity index (χ2v) is 5.00. The van der Waals surface area contributed by atoms with Crippen molar-refractivity contribution in [3.05, 3.63) is 61.4 Å². The van der Waals surface area contributed by atoms with Gasteiger partial charge in [-0.25, -0.2) is 4.79 Å². The van der Waals surface area contributed by atoms with Crippen molar-refractivity contribution in [2.75, 3.05) is 0 Å². The van der Waals surface area contributed by atoms with Gasteiger partial charge in [-0.3, -0.25) is 13.9 Å². The molecular formula is C14H15ClN2O3. The third-order valence-corrected chi connectivity index (χ3v) is 3.40. The van der Waals surface area contributed by atoms with Crippen LogP contribution < -0.4 is 16.0 Å². The molecule has 0 spiro atoms. The number of aryl methyl sites for hydroxylation is 1. The smallest absolute Gasteiger partial charge is 0.330 e. The zero-order chi connectivity index (χ0) is 14.9. The molecule has 2 rings (SSSR count). The standard InChI is InChI=1S/C14H15ClN2O3/c1-9-4-5-11(15)12(6-9)20-8-10-7-13(18)17(3)14(19)16(10)2/h4-7H,8H2,1-3H3. The maximum Gasteiger partial charge on any atom is 0.330 e. The Balaban J connectivity index is 2.30. The number of rotatable bonds is 3. The third-order valence-electron chi connectivity index (χ3n) is 3.09. The van der Waals surface area contributed by atoms with Crippen molar-refractivity contribution >= 4 is 11.6 Å². The molecule has 0 N–H and O–H groups in total. The molecule has 1 aromatic carbocycles. The van der Waals surface area contributed by atoms with Crippen LogP contribution >= 0.6 is 11.6 Å². The van der Waals surface area contributed by atoms with Crippen molar-refractivity contribution in [2.24, 2.45) is 14.1 Å². The second kappa shape index (κ2) is 5.54. The molecule has 0 aliphatic rings. The zero-order valence-corrected chi connectivity index (χ0v) is 12.3. The summed E-state index contributed by atoms with van der Waals surface area (Å²) in [5.41, 5.74) is 0.770. The van der Waals surface area contributed by atoms with Gasteiger partial charge < -0.3 is 4.74 Å². The molecule has 0 amide bonds. The molecule has 0 aliphatic carbocycles. The van der Waals surface area contributed by atoms with Crippen LogP contribution in [0.15, 0.2) is 33.9 Å². The number of aromatic nitrogens is 2. The molecule has 0 saturated carbocycles. The molecule has 5 nitrogen and oxygen atoms in total. The van der Waals surface area contributed by atoms with Crippen molar-refractivity contribution in [2.45, 2.75) is 13.5 Å². The molecule has 0 saturated heterocycles. The van der Waals surface area contributed by atoms with E-state index < -0.39 is 0 Å². The van der Waals surface area contributed by atoms with Crippen LogP contribution in [0.5, 0.6) is 5.75 Å². The van der Waals surface area contributed by atoms with E-state index in [2.05, 4.69) is 0 Å². The molecule has 0 aliphatic heterocycles. The maximum atomic E-state index is 11.8. The molecule has 20 heavy (non-hydrogen) atoms. The van der Waals surface area contributed by atoms with Crippen molar-refractivity contribution in [3.8, 4) is 5.75 Å². The van der Waals surface area contributed by atoms with Gasteiger partial charge in [0.15, 0.2) is 0 Å². The Labute approximate surface area is 121 Å². The Morgan fingerprint density at radius 1 is 1.15 bits per heavy atom. The Morgan fingerprint density at radius 2 is 1.85 bits per heavy atom. The summed E-state index contributed by atoms with van der Waals surface area (Å²) < 4.78 is 8.02. The van der Waals surface area contributed by atoms with Gasteiger partial charge in [0, 0.05) is 20.2 Å². The SMILES string of the molecule is Cc1ccc(Cl)c(OCc2cc(=O)n(C)c(=O)n2C)c1. The molecule has 0 atom stereocenters. The van der Waals surface area contributed by atoms with Crippen LogP contribution in [0.4, 0.5) is 0 Å². The molecular weight excluding hydrogens is 280 g/mol. The Bertz CT molecular complexity index is 762. The summed E-state index contributed by atoms with van der Waals surface area (Å²) in [7, 11) is 3.03. The van der Waals surface area contributed by atoms with Crippen molar-refractivity contribution in [1.29, 1.82) is 0 Å². The molecule has 0 bridgehead atoms. The van der Waals surface area contributed by atoms with E-state index in [1.54, 1.807) is 13.1 Å². The van der Waals surface area contributed by atoms with Crippen LogP contribution in [0.1, 0.15) is 11.3 Å². The van der Waals surface area contributed by atoms with E-state index in [0.29, 0.717) is 16.5 Å². The highest BCUT2D eigenvalue weighted by Gasteiger charge is 2.08.